The molecular formula is C11H12FNO2. The van der Waals surface area contributed by atoms with Gasteiger partial charge in [-0.1, -0.05) is 6.07 Å². The van der Waals surface area contributed by atoms with Crippen molar-refractivity contribution in [1.29, 1.82) is 0 Å². The Kier molecular flexibility index (Phi) is 2.58. The Morgan fingerprint density at radius 1 is 1.53 bits per heavy atom. The second-order valence-corrected chi connectivity index (χ2v) is 3.74. The first-order valence-corrected chi connectivity index (χ1v) is 4.89. The van der Waals surface area contributed by atoms with Crippen molar-refractivity contribution in [3.63, 3.8) is 0 Å². The van der Waals surface area contributed by atoms with Crippen LogP contribution < -0.4 is 5.73 Å². The molecule has 1 aromatic rings. The van der Waals surface area contributed by atoms with Crippen molar-refractivity contribution in [1.82, 2.24) is 0 Å². The van der Waals surface area contributed by atoms with Crippen molar-refractivity contribution in [2.45, 2.75) is 12.8 Å². The van der Waals surface area contributed by atoms with Gasteiger partial charge >= 0.3 is 5.97 Å². The predicted octanol–water partition coefficient (Wildman–Crippen LogP) is 1.97. The van der Waals surface area contributed by atoms with Crippen LogP contribution in [0.1, 0.15) is 23.2 Å². The van der Waals surface area contributed by atoms with Crippen molar-refractivity contribution in [3.8, 4) is 0 Å². The van der Waals surface area contributed by atoms with Gasteiger partial charge in [0.1, 0.15) is 5.82 Å². The second kappa shape index (κ2) is 3.88. The maximum Gasteiger partial charge on any atom is 0.340 e. The predicted molar refractivity (Wildman–Crippen MR) is 53.8 cm³/mol. The fourth-order valence-electron chi connectivity index (χ4n) is 1.27. The molecule has 1 fully saturated rings. The lowest BCUT2D eigenvalue weighted by Crippen LogP contribution is -2.10. The number of nitrogen functional groups attached to an aromatic ring is 1. The molecule has 0 spiro atoms. The van der Waals surface area contributed by atoms with Gasteiger partial charge < -0.3 is 10.5 Å². The fraction of sp³-hybridized carbons (Fsp3) is 0.364. The third-order valence-corrected chi connectivity index (χ3v) is 2.42. The first kappa shape index (κ1) is 9.96. The van der Waals surface area contributed by atoms with Crippen LogP contribution in [0.5, 0.6) is 0 Å². The molecule has 0 amide bonds. The molecule has 3 nitrogen and oxygen atoms in total. The van der Waals surface area contributed by atoms with E-state index >= 15 is 0 Å². The molecular weight excluding hydrogens is 197 g/mol. The molecule has 2 rings (SSSR count). The van der Waals surface area contributed by atoms with E-state index in [1.165, 1.54) is 18.2 Å². The van der Waals surface area contributed by atoms with Gasteiger partial charge in [0.15, 0.2) is 0 Å². The summed E-state index contributed by atoms with van der Waals surface area (Å²) in [6.07, 6.45) is 2.21. The summed E-state index contributed by atoms with van der Waals surface area (Å²) in [4.78, 5) is 11.5. The monoisotopic (exact) mass is 209 g/mol. The minimum Gasteiger partial charge on any atom is -0.462 e. The van der Waals surface area contributed by atoms with Crippen LogP contribution in [0, 0.1) is 11.7 Å². The minimum atomic E-state index is -0.587. The highest BCUT2D eigenvalue weighted by molar-refractivity contribution is 5.95. The number of halogens is 1. The van der Waals surface area contributed by atoms with Gasteiger partial charge in [-0.25, -0.2) is 9.18 Å². The third-order valence-electron chi connectivity index (χ3n) is 2.42. The molecule has 0 saturated heterocycles. The maximum atomic E-state index is 13.0. The maximum absolute atomic E-state index is 13.0. The van der Waals surface area contributed by atoms with E-state index in [1.54, 1.807) is 0 Å². The van der Waals surface area contributed by atoms with Crippen molar-refractivity contribution >= 4 is 11.7 Å². The van der Waals surface area contributed by atoms with Gasteiger partial charge in [-0.05, 0) is 30.9 Å². The van der Waals surface area contributed by atoms with Crippen molar-refractivity contribution in [2.75, 3.05) is 12.3 Å². The number of hydrogen-bond donors (Lipinski definition) is 1. The number of hydrogen-bond acceptors (Lipinski definition) is 3. The van der Waals surface area contributed by atoms with Crippen LogP contribution in [0.15, 0.2) is 18.2 Å². The number of ether oxygens (including phenoxy) is 1. The van der Waals surface area contributed by atoms with Gasteiger partial charge in [-0.15, -0.1) is 0 Å². The Balaban J connectivity index is 2.06. The summed E-state index contributed by atoms with van der Waals surface area (Å²) in [6, 6.07) is 4.13. The zero-order chi connectivity index (χ0) is 10.8. The summed E-state index contributed by atoms with van der Waals surface area (Å²) in [6.45, 7) is 0.411. The van der Waals surface area contributed by atoms with Crippen LogP contribution in [-0.2, 0) is 4.74 Å². The van der Waals surface area contributed by atoms with E-state index in [1.807, 2.05) is 0 Å². The molecule has 0 unspecified atom stereocenters. The van der Waals surface area contributed by atoms with Crippen LogP contribution in [0.3, 0.4) is 0 Å². The molecule has 2 N–H and O–H groups in total. The highest BCUT2D eigenvalue weighted by atomic mass is 19.1. The minimum absolute atomic E-state index is 0.107. The number of carbonyl (C=O) groups is 1. The lowest BCUT2D eigenvalue weighted by Gasteiger charge is -2.06. The summed E-state index contributed by atoms with van der Waals surface area (Å²) >= 11 is 0. The second-order valence-electron chi connectivity index (χ2n) is 3.74. The smallest absolute Gasteiger partial charge is 0.340 e. The highest BCUT2D eigenvalue weighted by Crippen LogP contribution is 2.29. The number of para-hydroxylation sites is 1. The Hall–Kier alpha value is -1.58. The molecule has 4 heteroatoms. The summed E-state index contributed by atoms with van der Waals surface area (Å²) in [5.74, 6) is -0.640. The quantitative estimate of drug-likeness (QED) is 0.611. The Labute approximate surface area is 87.0 Å². The van der Waals surface area contributed by atoms with E-state index in [9.17, 15) is 9.18 Å². The Morgan fingerprint density at radius 2 is 2.27 bits per heavy atom. The lowest BCUT2D eigenvalue weighted by molar-refractivity contribution is 0.0487. The van der Waals surface area contributed by atoms with Gasteiger partial charge in [0.25, 0.3) is 0 Å². The molecule has 80 valence electrons. The van der Waals surface area contributed by atoms with E-state index in [2.05, 4.69) is 0 Å². The molecule has 0 heterocycles. The molecule has 0 aliphatic heterocycles. The van der Waals surface area contributed by atoms with E-state index < -0.39 is 11.8 Å². The molecule has 0 aromatic heterocycles. The van der Waals surface area contributed by atoms with Gasteiger partial charge in [0.2, 0.25) is 0 Å². The number of carbonyl (C=O) groups excluding carboxylic acids is 1. The van der Waals surface area contributed by atoms with E-state index in [-0.39, 0.29) is 11.3 Å². The lowest BCUT2D eigenvalue weighted by atomic mass is 10.2. The van der Waals surface area contributed by atoms with E-state index in [4.69, 9.17) is 10.5 Å². The number of benzene rings is 1. The Morgan fingerprint density at radius 3 is 2.93 bits per heavy atom. The van der Waals surface area contributed by atoms with Gasteiger partial charge in [-0.3, -0.25) is 0 Å². The number of anilines is 1. The number of rotatable bonds is 3. The number of esters is 1. The standard InChI is InChI=1S/C11H12FNO2/c12-9-3-1-2-8(10(9)13)11(14)15-6-7-4-5-7/h1-3,7H,4-6,13H2. The molecule has 1 aromatic carbocycles. The van der Waals surface area contributed by atoms with Crippen LogP contribution in [0.25, 0.3) is 0 Å². The van der Waals surface area contributed by atoms with E-state index in [0.717, 1.165) is 12.8 Å². The molecule has 15 heavy (non-hydrogen) atoms. The summed E-state index contributed by atoms with van der Waals surface area (Å²) in [7, 11) is 0. The normalized spacial score (nSPS) is 15.0. The van der Waals surface area contributed by atoms with E-state index in [0.29, 0.717) is 12.5 Å². The average molecular weight is 209 g/mol. The zero-order valence-corrected chi connectivity index (χ0v) is 8.20. The first-order valence-electron chi connectivity index (χ1n) is 4.89. The topological polar surface area (TPSA) is 52.3 Å². The zero-order valence-electron chi connectivity index (χ0n) is 8.20. The summed E-state index contributed by atoms with van der Waals surface area (Å²) < 4.78 is 18.0. The number of nitrogens with two attached hydrogens (primary N) is 1. The molecule has 1 saturated carbocycles. The van der Waals surface area contributed by atoms with Crippen molar-refractivity contribution in [3.05, 3.63) is 29.6 Å². The van der Waals surface area contributed by atoms with Crippen LogP contribution in [0.4, 0.5) is 10.1 Å². The highest BCUT2D eigenvalue weighted by Gasteiger charge is 2.24. The van der Waals surface area contributed by atoms with Crippen LogP contribution in [-0.4, -0.2) is 12.6 Å². The molecule has 1 aliphatic carbocycles. The Bertz CT molecular complexity index is 388. The first-order chi connectivity index (χ1) is 7.18. The van der Waals surface area contributed by atoms with Crippen LogP contribution >= 0.6 is 0 Å². The average Bonchev–Trinajstić information content (AvgIpc) is 3.02. The molecule has 0 bridgehead atoms. The van der Waals surface area contributed by atoms with Crippen molar-refractivity contribution < 1.29 is 13.9 Å². The summed E-state index contributed by atoms with van der Waals surface area (Å²) in [5, 5.41) is 0. The third kappa shape index (κ3) is 2.26. The fourth-order valence-corrected chi connectivity index (χ4v) is 1.27. The van der Waals surface area contributed by atoms with Crippen molar-refractivity contribution in [2.24, 2.45) is 5.92 Å². The largest absolute Gasteiger partial charge is 0.462 e. The molecule has 0 atom stereocenters. The van der Waals surface area contributed by atoms with Gasteiger partial charge in [0, 0.05) is 0 Å². The molecule has 0 radical (unpaired) electrons. The summed E-state index contributed by atoms with van der Waals surface area (Å²) in [5.41, 5.74) is 5.40. The van der Waals surface area contributed by atoms with Gasteiger partial charge in [-0.2, -0.15) is 0 Å². The van der Waals surface area contributed by atoms with Gasteiger partial charge in [0.05, 0.1) is 17.9 Å². The molecule has 1 aliphatic rings. The van der Waals surface area contributed by atoms with Crippen LogP contribution in [0.2, 0.25) is 0 Å². The SMILES string of the molecule is Nc1c(F)cccc1C(=O)OCC1CC1.